The number of fused-ring (bicyclic) bond motifs is 3. The van der Waals surface area contributed by atoms with Crippen molar-refractivity contribution in [2.24, 2.45) is 13.0 Å². The number of nitrogens with zero attached hydrogens (tertiary/aromatic N) is 5. The van der Waals surface area contributed by atoms with Crippen LogP contribution < -0.4 is 11.3 Å². The third-order valence-electron chi connectivity index (χ3n) is 8.30. The number of sulfonamides is 1. The Hall–Kier alpha value is -4.49. The van der Waals surface area contributed by atoms with Gasteiger partial charge in [0.2, 0.25) is 15.9 Å². The maximum atomic E-state index is 13.7. The van der Waals surface area contributed by atoms with E-state index in [1.165, 1.54) is 25.5 Å². The number of carbonyl (C=O) groups excluding carboxylic acids is 1. The molecule has 216 valence electrons. The molecule has 5 aromatic rings. The maximum absolute atomic E-state index is 13.7. The van der Waals surface area contributed by atoms with Crippen molar-refractivity contribution in [1.29, 1.82) is 0 Å². The molecule has 1 fully saturated rings. The molecule has 1 atom stereocenters. The molecule has 42 heavy (non-hydrogen) atoms. The molecule has 2 aromatic carbocycles. The number of carbonyl (C=O) groups is 1. The largest absolute Gasteiger partial charge is 0.419 e. The van der Waals surface area contributed by atoms with Gasteiger partial charge < -0.3 is 9.32 Å². The molecular weight excluding hydrogens is 560 g/mol. The second-order valence-electron chi connectivity index (χ2n) is 10.8. The lowest BCUT2D eigenvalue weighted by Crippen LogP contribution is -2.48. The minimum atomic E-state index is -3.92. The van der Waals surface area contributed by atoms with Gasteiger partial charge in [0, 0.05) is 44.4 Å². The number of aryl methyl sites for hydroxylation is 1. The zero-order chi connectivity index (χ0) is 29.2. The first-order valence-electron chi connectivity index (χ1n) is 13.8. The lowest BCUT2D eigenvalue weighted by atomic mass is 9.96. The van der Waals surface area contributed by atoms with Crippen LogP contribution in [0.15, 0.2) is 73.5 Å². The van der Waals surface area contributed by atoms with Crippen molar-refractivity contribution in [1.82, 2.24) is 28.4 Å². The summed E-state index contributed by atoms with van der Waals surface area (Å²) in [5, 5.41) is 3.14. The van der Waals surface area contributed by atoms with Gasteiger partial charge in [-0.05, 0) is 37.0 Å². The van der Waals surface area contributed by atoms with Gasteiger partial charge in [-0.2, -0.15) is 4.31 Å². The molecule has 1 saturated heterocycles. The molecule has 2 aliphatic heterocycles. The van der Waals surface area contributed by atoms with Crippen LogP contribution in [0.2, 0.25) is 0 Å². The molecule has 5 heterocycles. The fourth-order valence-electron chi connectivity index (χ4n) is 5.99. The Bertz CT molecular complexity index is 2090. The molecule has 3 aromatic heterocycles. The Morgan fingerprint density at radius 3 is 2.69 bits per heavy atom. The van der Waals surface area contributed by atoms with Crippen molar-refractivity contribution in [2.45, 2.75) is 30.7 Å². The number of aromatic amines is 1. The summed E-state index contributed by atoms with van der Waals surface area (Å²) in [4.78, 5) is 45.2. The quantitative estimate of drug-likeness (QED) is 0.339. The minimum absolute atomic E-state index is 0.0133. The van der Waals surface area contributed by atoms with E-state index >= 15 is 0 Å². The average Bonchev–Trinajstić information content (AvgIpc) is 3.57. The highest BCUT2D eigenvalue weighted by molar-refractivity contribution is 7.89. The van der Waals surface area contributed by atoms with Crippen LogP contribution >= 0.6 is 0 Å². The summed E-state index contributed by atoms with van der Waals surface area (Å²) in [6.07, 6.45) is 1.47. The Labute approximate surface area is 239 Å². The predicted molar refractivity (Wildman–Crippen MR) is 153 cm³/mol. The Morgan fingerprint density at radius 2 is 1.88 bits per heavy atom. The first kappa shape index (κ1) is 26.4. The highest BCUT2D eigenvalue weighted by atomic mass is 32.2. The van der Waals surface area contributed by atoms with Gasteiger partial charge in [0.1, 0.15) is 0 Å². The summed E-state index contributed by atoms with van der Waals surface area (Å²) in [5.74, 6) is -1.24. The molecule has 13 heteroatoms. The van der Waals surface area contributed by atoms with Crippen LogP contribution in [-0.2, 0) is 34.8 Å². The van der Waals surface area contributed by atoms with E-state index in [2.05, 4.69) is 5.10 Å². The minimum Gasteiger partial charge on any atom is -0.408 e. The Balaban J connectivity index is 1.11. The predicted octanol–water partition coefficient (Wildman–Crippen LogP) is 2.12. The number of benzene rings is 2. The number of aromatic nitrogens is 4. The van der Waals surface area contributed by atoms with Crippen LogP contribution in [0.1, 0.15) is 24.1 Å². The van der Waals surface area contributed by atoms with Gasteiger partial charge in [-0.15, -0.1) is 0 Å². The number of hydrogen-bond donors (Lipinski definition) is 1. The van der Waals surface area contributed by atoms with Gasteiger partial charge in [0.15, 0.2) is 11.2 Å². The zero-order valence-electron chi connectivity index (χ0n) is 22.8. The molecule has 1 N–H and O–H groups in total. The van der Waals surface area contributed by atoms with Gasteiger partial charge in [-0.1, -0.05) is 30.3 Å². The van der Waals surface area contributed by atoms with E-state index in [-0.39, 0.29) is 35.0 Å². The fraction of sp³-hybridized carbons (Fsp3) is 0.310. The van der Waals surface area contributed by atoms with E-state index in [0.29, 0.717) is 54.8 Å². The smallest absolute Gasteiger partial charge is 0.408 e. The molecule has 0 bridgehead atoms. The van der Waals surface area contributed by atoms with Crippen molar-refractivity contribution in [3.63, 3.8) is 0 Å². The first-order chi connectivity index (χ1) is 20.2. The van der Waals surface area contributed by atoms with Crippen molar-refractivity contribution in [2.75, 3.05) is 19.6 Å². The molecule has 1 unspecified atom stereocenters. The van der Waals surface area contributed by atoms with Gasteiger partial charge in [0.05, 0.1) is 34.3 Å². The van der Waals surface area contributed by atoms with Gasteiger partial charge in [0.25, 0.3) is 5.56 Å². The van der Waals surface area contributed by atoms with Gasteiger partial charge in [-0.3, -0.25) is 19.3 Å². The van der Waals surface area contributed by atoms with Crippen LogP contribution in [0.5, 0.6) is 0 Å². The van der Waals surface area contributed by atoms with E-state index in [9.17, 15) is 22.8 Å². The molecule has 0 spiro atoms. The molecule has 2 aliphatic rings. The second-order valence-corrected chi connectivity index (χ2v) is 12.8. The molecule has 0 radical (unpaired) electrons. The average molecular weight is 589 g/mol. The molecule has 1 amide bonds. The Kier molecular flexibility index (Phi) is 6.17. The number of piperidine rings is 1. The van der Waals surface area contributed by atoms with Crippen LogP contribution in [0.3, 0.4) is 0 Å². The van der Waals surface area contributed by atoms with Crippen molar-refractivity contribution in [3.05, 3.63) is 86.8 Å². The van der Waals surface area contributed by atoms with E-state index in [1.807, 2.05) is 36.4 Å². The summed E-state index contributed by atoms with van der Waals surface area (Å²) in [7, 11) is -2.37. The highest BCUT2D eigenvalue weighted by Crippen LogP contribution is 2.28. The number of hydrogen-bond acceptors (Lipinski definition) is 7. The molecule has 0 aliphatic carbocycles. The van der Waals surface area contributed by atoms with E-state index in [0.717, 1.165) is 11.3 Å². The van der Waals surface area contributed by atoms with Crippen molar-refractivity contribution >= 4 is 32.7 Å². The zero-order valence-corrected chi connectivity index (χ0v) is 23.6. The monoisotopic (exact) mass is 588 g/mol. The molecular formula is C29H28N6O6S. The number of oxazole rings is 1. The van der Waals surface area contributed by atoms with Crippen LogP contribution in [0, 0.1) is 5.92 Å². The first-order valence-corrected chi connectivity index (χ1v) is 15.2. The van der Waals surface area contributed by atoms with E-state index in [4.69, 9.17) is 9.40 Å². The molecule has 12 nitrogen and oxygen atoms in total. The topological polar surface area (TPSA) is 143 Å². The van der Waals surface area contributed by atoms with Crippen molar-refractivity contribution in [3.8, 4) is 11.3 Å². The van der Waals surface area contributed by atoms with Crippen molar-refractivity contribution < 1.29 is 17.6 Å². The third kappa shape index (κ3) is 4.27. The summed E-state index contributed by atoms with van der Waals surface area (Å²) in [5.41, 5.74) is 3.84. The SMILES string of the molecule is Cn1c(=O)oc2cc(S(=O)(=O)N3CCCC(C(=O)N4CCc5c(nc6cc(-c7ccccc7)[nH]n6c5=O)C4)C3)ccc21. The lowest BCUT2D eigenvalue weighted by Gasteiger charge is -2.35. The van der Waals surface area contributed by atoms with Crippen LogP contribution in [0.4, 0.5) is 0 Å². The lowest BCUT2D eigenvalue weighted by molar-refractivity contribution is -0.137. The number of nitrogens with one attached hydrogen (secondary N) is 1. The van der Waals surface area contributed by atoms with Crippen LogP contribution in [-0.4, -0.2) is 62.3 Å². The summed E-state index contributed by atoms with van der Waals surface area (Å²) >= 11 is 0. The normalized spacial score (nSPS) is 18.0. The van der Waals surface area contributed by atoms with Gasteiger partial charge in [-0.25, -0.2) is 22.7 Å². The van der Waals surface area contributed by atoms with E-state index in [1.54, 1.807) is 18.0 Å². The second kappa shape index (κ2) is 9.81. The van der Waals surface area contributed by atoms with E-state index < -0.39 is 21.7 Å². The number of amides is 1. The molecule has 7 rings (SSSR count). The highest BCUT2D eigenvalue weighted by Gasteiger charge is 2.37. The number of rotatable bonds is 4. The number of H-pyrrole nitrogens is 1. The van der Waals surface area contributed by atoms with Crippen LogP contribution in [0.25, 0.3) is 28.0 Å². The Morgan fingerprint density at radius 1 is 1.07 bits per heavy atom. The standard InChI is InChI=1S/C29H28N6O6S/c1-32-24-10-9-20(14-25(24)41-29(32)38)42(39,40)34-12-5-8-19(16-34)27(36)33-13-11-21-23(17-33)30-26-15-22(31-35(26)28(21)37)18-6-3-2-4-7-18/h2-4,6-7,9-10,14-15,19,31H,5,8,11-13,16-17H2,1H3. The summed E-state index contributed by atoms with van der Waals surface area (Å²) < 4.78 is 36.3. The maximum Gasteiger partial charge on any atom is 0.419 e. The third-order valence-corrected chi connectivity index (χ3v) is 10.2. The molecule has 0 saturated carbocycles. The summed E-state index contributed by atoms with van der Waals surface area (Å²) in [6, 6.07) is 15.8. The summed E-state index contributed by atoms with van der Waals surface area (Å²) in [6.45, 7) is 0.890. The fourth-order valence-corrected chi connectivity index (χ4v) is 7.53. The van der Waals surface area contributed by atoms with Gasteiger partial charge >= 0.3 is 5.76 Å².